The highest BCUT2D eigenvalue weighted by Gasteiger charge is 2.10. The van der Waals surface area contributed by atoms with E-state index in [0.29, 0.717) is 13.0 Å². The van der Waals surface area contributed by atoms with Crippen molar-refractivity contribution in [2.24, 2.45) is 0 Å². The Balaban J connectivity index is 1.89. The molecule has 0 saturated carbocycles. The molecule has 116 valence electrons. The van der Waals surface area contributed by atoms with Gasteiger partial charge in [-0.2, -0.15) is 0 Å². The second kappa shape index (κ2) is 8.26. The van der Waals surface area contributed by atoms with Gasteiger partial charge in [-0.15, -0.1) is 0 Å². The molecule has 22 heavy (non-hydrogen) atoms. The molecule has 0 heterocycles. The number of aliphatic hydroxyl groups is 1. The number of rotatable bonds is 8. The van der Waals surface area contributed by atoms with Gasteiger partial charge in [-0.3, -0.25) is 10.1 Å². The van der Waals surface area contributed by atoms with Crippen LogP contribution in [-0.2, 0) is 6.54 Å². The fraction of sp³-hybridized carbons (Fsp3) is 0.294. The number of nitro benzene ring substituents is 1. The van der Waals surface area contributed by atoms with Crippen molar-refractivity contribution >= 4 is 5.69 Å². The predicted molar refractivity (Wildman–Crippen MR) is 85.7 cm³/mol. The first-order valence-corrected chi connectivity index (χ1v) is 7.30. The molecule has 0 spiro atoms. The van der Waals surface area contributed by atoms with E-state index in [4.69, 9.17) is 0 Å². The third-order valence-electron chi connectivity index (χ3n) is 3.62. The summed E-state index contributed by atoms with van der Waals surface area (Å²) in [6, 6.07) is 16.6. The first-order chi connectivity index (χ1) is 10.7. The summed E-state index contributed by atoms with van der Waals surface area (Å²) in [6.45, 7) is 1.55. The second-order valence-electron chi connectivity index (χ2n) is 5.17. The van der Waals surface area contributed by atoms with Crippen LogP contribution in [0, 0.1) is 10.1 Å². The van der Waals surface area contributed by atoms with Crippen LogP contribution in [0.3, 0.4) is 0 Å². The molecular weight excluding hydrogens is 280 g/mol. The SMILES string of the molecule is O=[N+]([O-])c1ccc(CNCC(CCO)c2ccccc2)cc1. The number of nitro groups is 1. The number of hydrogen-bond acceptors (Lipinski definition) is 4. The molecular formula is C17H20N2O3. The van der Waals surface area contributed by atoms with Crippen molar-refractivity contribution in [2.75, 3.05) is 13.2 Å². The molecule has 1 atom stereocenters. The standard InChI is InChI=1S/C17H20N2O3/c20-11-10-16(15-4-2-1-3-5-15)13-18-12-14-6-8-17(9-7-14)19(21)22/h1-9,16,18,20H,10-13H2. The van der Waals surface area contributed by atoms with Crippen LogP contribution in [0.15, 0.2) is 54.6 Å². The van der Waals surface area contributed by atoms with Crippen LogP contribution in [0.2, 0.25) is 0 Å². The number of non-ortho nitro benzene ring substituents is 1. The minimum absolute atomic E-state index is 0.103. The zero-order chi connectivity index (χ0) is 15.8. The minimum Gasteiger partial charge on any atom is -0.396 e. The molecule has 0 amide bonds. The van der Waals surface area contributed by atoms with Gasteiger partial charge in [0.05, 0.1) is 4.92 Å². The molecule has 2 aromatic carbocycles. The Morgan fingerprint density at radius 1 is 1.09 bits per heavy atom. The summed E-state index contributed by atoms with van der Waals surface area (Å²) in [5.41, 5.74) is 2.31. The maximum atomic E-state index is 10.6. The van der Waals surface area contributed by atoms with Gasteiger partial charge in [0, 0.05) is 31.8 Å². The van der Waals surface area contributed by atoms with E-state index >= 15 is 0 Å². The van der Waals surface area contributed by atoms with Crippen molar-refractivity contribution in [1.29, 1.82) is 0 Å². The summed E-state index contributed by atoms with van der Waals surface area (Å²) < 4.78 is 0. The normalized spacial score (nSPS) is 12.0. The van der Waals surface area contributed by atoms with Gasteiger partial charge in [0.15, 0.2) is 0 Å². The monoisotopic (exact) mass is 300 g/mol. The van der Waals surface area contributed by atoms with Crippen molar-refractivity contribution in [3.8, 4) is 0 Å². The Labute approximate surface area is 129 Å². The van der Waals surface area contributed by atoms with Crippen molar-refractivity contribution in [3.05, 3.63) is 75.8 Å². The molecule has 0 aromatic heterocycles. The molecule has 0 aliphatic carbocycles. The third-order valence-corrected chi connectivity index (χ3v) is 3.62. The average Bonchev–Trinajstić information content (AvgIpc) is 2.55. The lowest BCUT2D eigenvalue weighted by atomic mass is 9.96. The highest BCUT2D eigenvalue weighted by atomic mass is 16.6. The maximum absolute atomic E-state index is 10.6. The molecule has 5 heteroatoms. The van der Waals surface area contributed by atoms with Crippen LogP contribution in [0.5, 0.6) is 0 Å². The highest BCUT2D eigenvalue weighted by molar-refractivity contribution is 5.32. The Morgan fingerprint density at radius 2 is 1.77 bits per heavy atom. The topological polar surface area (TPSA) is 75.4 Å². The number of aliphatic hydroxyl groups excluding tert-OH is 1. The minimum atomic E-state index is -0.399. The predicted octanol–water partition coefficient (Wildman–Crippen LogP) is 2.85. The van der Waals surface area contributed by atoms with Gasteiger partial charge in [-0.05, 0) is 23.5 Å². The van der Waals surface area contributed by atoms with E-state index in [1.165, 1.54) is 17.7 Å². The van der Waals surface area contributed by atoms with E-state index < -0.39 is 4.92 Å². The molecule has 0 bridgehead atoms. The van der Waals surface area contributed by atoms with Gasteiger partial charge < -0.3 is 10.4 Å². The summed E-state index contributed by atoms with van der Waals surface area (Å²) in [6.07, 6.45) is 0.706. The number of nitrogens with one attached hydrogen (secondary N) is 1. The van der Waals surface area contributed by atoms with E-state index in [2.05, 4.69) is 17.4 Å². The molecule has 0 aliphatic rings. The third kappa shape index (κ3) is 4.65. The molecule has 0 aliphatic heterocycles. The molecule has 0 saturated heterocycles. The first kappa shape index (κ1) is 16.1. The molecule has 0 radical (unpaired) electrons. The molecule has 2 N–H and O–H groups in total. The van der Waals surface area contributed by atoms with Crippen LogP contribution < -0.4 is 5.32 Å². The summed E-state index contributed by atoms with van der Waals surface area (Å²) in [4.78, 5) is 10.2. The van der Waals surface area contributed by atoms with Gasteiger partial charge in [-0.1, -0.05) is 42.5 Å². The quantitative estimate of drug-likeness (QED) is 0.580. The largest absolute Gasteiger partial charge is 0.396 e. The van der Waals surface area contributed by atoms with Crippen LogP contribution in [0.1, 0.15) is 23.5 Å². The lowest BCUT2D eigenvalue weighted by molar-refractivity contribution is -0.384. The molecule has 1 unspecified atom stereocenters. The summed E-state index contributed by atoms with van der Waals surface area (Å²) >= 11 is 0. The molecule has 0 fully saturated rings. The second-order valence-corrected chi connectivity index (χ2v) is 5.17. The van der Waals surface area contributed by atoms with E-state index in [0.717, 1.165) is 12.1 Å². The van der Waals surface area contributed by atoms with Gasteiger partial charge >= 0.3 is 0 Å². The summed E-state index contributed by atoms with van der Waals surface area (Å²) in [7, 11) is 0. The average molecular weight is 300 g/mol. The van der Waals surface area contributed by atoms with Crippen LogP contribution in [0.4, 0.5) is 5.69 Å². The fourth-order valence-electron chi connectivity index (χ4n) is 2.39. The lowest BCUT2D eigenvalue weighted by Crippen LogP contribution is -2.22. The Bertz CT molecular complexity index is 585. The Kier molecular flexibility index (Phi) is 6.06. The lowest BCUT2D eigenvalue weighted by Gasteiger charge is -2.17. The van der Waals surface area contributed by atoms with E-state index in [-0.39, 0.29) is 18.2 Å². The van der Waals surface area contributed by atoms with Crippen LogP contribution in [-0.4, -0.2) is 23.2 Å². The number of benzene rings is 2. The molecule has 5 nitrogen and oxygen atoms in total. The highest BCUT2D eigenvalue weighted by Crippen LogP contribution is 2.18. The van der Waals surface area contributed by atoms with Crippen LogP contribution in [0.25, 0.3) is 0 Å². The molecule has 2 aromatic rings. The van der Waals surface area contributed by atoms with E-state index in [1.54, 1.807) is 12.1 Å². The van der Waals surface area contributed by atoms with Crippen molar-refractivity contribution in [3.63, 3.8) is 0 Å². The number of nitrogens with zero attached hydrogens (tertiary/aromatic N) is 1. The van der Waals surface area contributed by atoms with Crippen molar-refractivity contribution < 1.29 is 10.0 Å². The van der Waals surface area contributed by atoms with Gasteiger partial charge in [0.1, 0.15) is 0 Å². The van der Waals surface area contributed by atoms with Crippen molar-refractivity contribution in [2.45, 2.75) is 18.9 Å². The maximum Gasteiger partial charge on any atom is 0.269 e. The van der Waals surface area contributed by atoms with E-state index in [1.807, 2.05) is 18.2 Å². The Hall–Kier alpha value is -2.24. The summed E-state index contributed by atoms with van der Waals surface area (Å²) in [5.74, 6) is 0.254. The van der Waals surface area contributed by atoms with Crippen molar-refractivity contribution in [1.82, 2.24) is 5.32 Å². The van der Waals surface area contributed by atoms with Gasteiger partial charge in [-0.25, -0.2) is 0 Å². The van der Waals surface area contributed by atoms with Gasteiger partial charge in [0.25, 0.3) is 5.69 Å². The first-order valence-electron chi connectivity index (χ1n) is 7.30. The van der Waals surface area contributed by atoms with Crippen LogP contribution >= 0.6 is 0 Å². The summed E-state index contributed by atoms with van der Waals surface area (Å²) in [5, 5.41) is 23.2. The zero-order valence-corrected chi connectivity index (χ0v) is 12.3. The zero-order valence-electron chi connectivity index (χ0n) is 12.3. The Morgan fingerprint density at radius 3 is 2.36 bits per heavy atom. The number of hydrogen-bond donors (Lipinski definition) is 2. The smallest absolute Gasteiger partial charge is 0.269 e. The van der Waals surface area contributed by atoms with E-state index in [9.17, 15) is 15.2 Å². The molecule has 2 rings (SSSR count). The fourth-order valence-corrected chi connectivity index (χ4v) is 2.39. The van der Waals surface area contributed by atoms with Gasteiger partial charge in [0.2, 0.25) is 0 Å².